The zero-order valence-corrected chi connectivity index (χ0v) is 16.6. The van der Waals surface area contributed by atoms with Crippen LogP contribution in [0, 0.1) is 12.7 Å². The van der Waals surface area contributed by atoms with Gasteiger partial charge in [0.05, 0.1) is 11.6 Å². The number of rotatable bonds is 3. The molecule has 2 aromatic rings. The van der Waals surface area contributed by atoms with Crippen molar-refractivity contribution < 1.29 is 18.7 Å². The Labute approximate surface area is 163 Å². The van der Waals surface area contributed by atoms with Crippen LogP contribution in [0.3, 0.4) is 0 Å². The first-order valence-electron chi connectivity index (χ1n) is 8.85. The predicted octanol–water partition coefficient (Wildman–Crippen LogP) is 5.28. The number of alkyl carbamates (subject to hydrolysis) is 1. The molecule has 1 atom stereocenters. The summed E-state index contributed by atoms with van der Waals surface area (Å²) in [5.74, 6) is 0.303. The highest BCUT2D eigenvalue weighted by molar-refractivity contribution is 6.32. The maximum absolute atomic E-state index is 14.3. The van der Waals surface area contributed by atoms with Gasteiger partial charge in [-0.2, -0.15) is 0 Å². The maximum atomic E-state index is 14.3. The summed E-state index contributed by atoms with van der Waals surface area (Å²) in [6.07, 6.45) is -0.162. The average Bonchev–Trinajstić information content (AvgIpc) is 2.95. The van der Waals surface area contributed by atoms with Crippen molar-refractivity contribution in [2.45, 2.75) is 45.8 Å². The van der Waals surface area contributed by atoms with Gasteiger partial charge in [0, 0.05) is 17.5 Å². The summed E-state index contributed by atoms with van der Waals surface area (Å²) in [5, 5.41) is 3.14. The zero-order chi connectivity index (χ0) is 19.8. The molecule has 1 aliphatic heterocycles. The third-order valence-corrected chi connectivity index (χ3v) is 4.44. The molecular weight excluding hydrogens is 369 g/mol. The van der Waals surface area contributed by atoms with Crippen LogP contribution >= 0.6 is 11.6 Å². The molecule has 1 amide bonds. The summed E-state index contributed by atoms with van der Waals surface area (Å²) < 4.78 is 25.4. The van der Waals surface area contributed by atoms with Crippen molar-refractivity contribution in [2.75, 3.05) is 6.54 Å². The van der Waals surface area contributed by atoms with Gasteiger partial charge in [0.25, 0.3) is 0 Å². The molecular formula is C21H23ClFNO3. The molecule has 1 aliphatic rings. The van der Waals surface area contributed by atoms with E-state index in [0.29, 0.717) is 34.9 Å². The number of hydrogen-bond donors (Lipinski definition) is 1. The van der Waals surface area contributed by atoms with Gasteiger partial charge in [0.15, 0.2) is 0 Å². The first-order valence-corrected chi connectivity index (χ1v) is 9.22. The van der Waals surface area contributed by atoms with Gasteiger partial charge in [-0.15, -0.1) is 0 Å². The molecule has 3 rings (SSSR count). The molecule has 0 spiro atoms. The van der Waals surface area contributed by atoms with Gasteiger partial charge >= 0.3 is 6.09 Å². The Hall–Kier alpha value is -2.27. The molecule has 0 fully saturated rings. The largest absolute Gasteiger partial charge is 0.486 e. The molecule has 0 saturated heterocycles. The molecule has 0 aliphatic carbocycles. The number of aryl methyl sites for hydroxylation is 1. The number of halogens is 2. The number of carbonyl (C=O) groups is 1. The minimum absolute atomic E-state index is 0.247. The van der Waals surface area contributed by atoms with Gasteiger partial charge < -0.3 is 14.8 Å². The van der Waals surface area contributed by atoms with Crippen LogP contribution in [0.5, 0.6) is 5.75 Å². The van der Waals surface area contributed by atoms with Gasteiger partial charge in [0.2, 0.25) is 0 Å². The Morgan fingerprint density at radius 1 is 1.33 bits per heavy atom. The number of benzene rings is 2. The monoisotopic (exact) mass is 391 g/mol. The van der Waals surface area contributed by atoms with Crippen LogP contribution in [0.2, 0.25) is 5.02 Å². The fourth-order valence-corrected chi connectivity index (χ4v) is 3.31. The van der Waals surface area contributed by atoms with E-state index < -0.39 is 11.7 Å². The van der Waals surface area contributed by atoms with Gasteiger partial charge in [-0.3, -0.25) is 0 Å². The second-order valence-electron chi connectivity index (χ2n) is 7.76. The van der Waals surface area contributed by atoms with Gasteiger partial charge in [-0.05, 0) is 57.0 Å². The first kappa shape index (κ1) is 19.5. The van der Waals surface area contributed by atoms with Crippen molar-refractivity contribution >= 4 is 17.7 Å². The van der Waals surface area contributed by atoms with E-state index in [1.165, 1.54) is 6.07 Å². The molecule has 0 bridgehead atoms. The molecule has 1 unspecified atom stereocenters. The maximum Gasteiger partial charge on any atom is 0.407 e. The summed E-state index contributed by atoms with van der Waals surface area (Å²) in [6, 6.07) is 8.71. The number of nitrogens with one attached hydrogen (secondary N) is 1. The molecule has 27 heavy (non-hydrogen) atoms. The summed E-state index contributed by atoms with van der Waals surface area (Å²) >= 11 is 6.36. The first-order chi connectivity index (χ1) is 12.6. The summed E-state index contributed by atoms with van der Waals surface area (Å²) in [6.45, 7) is 7.56. The topological polar surface area (TPSA) is 47.6 Å². The van der Waals surface area contributed by atoms with Crippen molar-refractivity contribution in [3.63, 3.8) is 0 Å². The molecule has 144 valence electrons. The molecule has 2 aromatic carbocycles. The van der Waals surface area contributed by atoms with Crippen molar-refractivity contribution in [1.29, 1.82) is 0 Å². The van der Waals surface area contributed by atoms with E-state index in [-0.39, 0.29) is 11.9 Å². The Morgan fingerprint density at radius 2 is 2.07 bits per heavy atom. The Balaban J connectivity index is 1.72. The van der Waals surface area contributed by atoms with E-state index >= 15 is 0 Å². The summed E-state index contributed by atoms with van der Waals surface area (Å²) in [4.78, 5) is 11.8. The standard InChI is InChI=1S/C21H23ClFNO3/c1-12-5-6-16(18(23)7-12)13-8-14-9-15(26-19(14)17(22)10-13)11-24-20(25)27-21(2,3)4/h5-8,10,15H,9,11H2,1-4H3,(H,24,25). The van der Waals surface area contributed by atoms with E-state index in [2.05, 4.69) is 5.32 Å². The van der Waals surface area contributed by atoms with Crippen LogP contribution in [-0.4, -0.2) is 24.3 Å². The lowest BCUT2D eigenvalue weighted by Gasteiger charge is -2.20. The van der Waals surface area contributed by atoms with Gasteiger partial charge in [0.1, 0.15) is 23.3 Å². The van der Waals surface area contributed by atoms with Crippen molar-refractivity contribution in [2.24, 2.45) is 0 Å². The summed E-state index contributed by atoms with van der Waals surface area (Å²) in [5.41, 5.74) is 2.41. The van der Waals surface area contributed by atoms with E-state index in [9.17, 15) is 9.18 Å². The van der Waals surface area contributed by atoms with Crippen LogP contribution in [0.1, 0.15) is 31.9 Å². The predicted molar refractivity (Wildman–Crippen MR) is 104 cm³/mol. The molecule has 6 heteroatoms. The molecule has 1 N–H and O–H groups in total. The van der Waals surface area contributed by atoms with Crippen LogP contribution in [0.4, 0.5) is 9.18 Å². The minimum atomic E-state index is -0.556. The molecule has 0 saturated carbocycles. The second-order valence-corrected chi connectivity index (χ2v) is 8.16. The SMILES string of the molecule is Cc1ccc(-c2cc(Cl)c3c(c2)CC(CNC(=O)OC(C)(C)C)O3)c(F)c1. The van der Waals surface area contributed by atoms with Crippen molar-refractivity contribution in [3.8, 4) is 16.9 Å². The molecule has 0 radical (unpaired) electrons. The average molecular weight is 392 g/mol. The highest BCUT2D eigenvalue weighted by atomic mass is 35.5. The van der Waals surface area contributed by atoms with Crippen molar-refractivity contribution in [3.05, 3.63) is 52.3 Å². The number of carbonyl (C=O) groups excluding carboxylic acids is 1. The highest BCUT2D eigenvalue weighted by Crippen LogP contribution is 2.40. The lowest BCUT2D eigenvalue weighted by molar-refractivity contribution is 0.0506. The highest BCUT2D eigenvalue weighted by Gasteiger charge is 2.27. The minimum Gasteiger partial charge on any atom is -0.486 e. The molecule has 1 heterocycles. The smallest absolute Gasteiger partial charge is 0.407 e. The number of fused-ring (bicyclic) bond motifs is 1. The van der Waals surface area contributed by atoms with Crippen LogP contribution in [0.15, 0.2) is 30.3 Å². The number of hydrogen-bond acceptors (Lipinski definition) is 3. The fourth-order valence-electron chi connectivity index (χ4n) is 3.02. The van der Waals surface area contributed by atoms with E-state index in [4.69, 9.17) is 21.1 Å². The van der Waals surface area contributed by atoms with Gasteiger partial charge in [-0.25, -0.2) is 9.18 Å². The van der Waals surface area contributed by atoms with Crippen molar-refractivity contribution in [1.82, 2.24) is 5.32 Å². The fraction of sp³-hybridized carbons (Fsp3) is 0.381. The lowest BCUT2D eigenvalue weighted by atomic mass is 9.99. The molecule has 0 aromatic heterocycles. The van der Waals surface area contributed by atoms with E-state index in [1.54, 1.807) is 32.9 Å². The van der Waals surface area contributed by atoms with E-state index in [0.717, 1.165) is 11.1 Å². The zero-order valence-electron chi connectivity index (χ0n) is 15.9. The van der Waals surface area contributed by atoms with Crippen LogP contribution in [0.25, 0.3) is 11.1 Å². The Morgan fingerprint density at radius 3 is 2.74 bits per heavy atom. The summed E-state index contributed by atoms with van der Waals surface area (Å²) in [7, 11) is 0. The molecule has 4 nitrogen and oxygen atoms in total. The van der Waals surface area contributed by atoms with Crippen LogP contribution in [-0.2, 0) is 11.2 Å². The van der Waals surface area contributed by atoms with Crippen LogP contribution < -0.4 is 10.1 Å². The quantitative estimate of drug-likeness (QED) is 0.774. The van der Waals surface area contributed by atoms with Gasteiger partial charge in [-0.1, -0.05) is 23.7 Å². The van der Waals surface area contributed by atoms with E-state index in [1.807, 2.05) is 19.1 Å². The number of amides is 1. The lowest BCUT2D eigenvalue weighted by Crippen LogP contribution is -2.38. The third-order valence-electron chi connectivity index (χ3n) is 4.16. The third kappa shape index (κ3) is 4.72. The Kier molecular flexibility index (Phi) is 5.33. The normalized spacial score (nSPS) is 15.9. The second kappa shape index (κ2) is 7.39. The Bertz CT molecular complexity index is 876. The number of ether oxygens (including phenoxy) is 2.